The third-order valence-electron chi connectivity index (χ3n) is 3.51. The number of anilines is 2. The number of carbonyl (C=O) groups is 2. The summed E-state index contributed by atoms with van der Waals surface area (Å²) < 4.78 is 0. The zero-order chi connectivity index (χ0) is 15.4. The van der Waals surface area contributed by atoms with E-state index in [9.17, 15) is 9.59 Å². The lowest BCUT2D eigenvalue weighted by molar-refractivity contribution is 0.0963. The average molecular weight is 311 g/mol. The van der Waals surface area contributed by atoms with Gasteiger partial charge in [-0.1, -0.05) is 0 Å². The van der Waals surface area contributed by atoms with E-state index in [4.69, 9.17) is 5.73 Å². The number of nitrogens with two attached hydrogens (primary N) is 1. The molecule has 6 N–H and O–H groups in total. The highest BCUT2D eigenvalue weighted by molar-refractivity contribution is 7.19. The van der Waals surface area contributed by atoms with Gasteiger partial charge in [0.25, 0.3) is 11.8 Å². The summed E-state index contributed by atoms with van der Waals surface area (Å²) in [7, 11) is 3.09. The molecule has 2 rings (SSSR count). The Labute approximate surface area is 127 Å². The summed E-state index contributed by atoms with van der Waals surface area (Å²) in [6.07, 6.45) is 1.95. The maximum atomic E-state index is 12.1. The number of nitrogen functional groups attached to an aromatic ring is 1. The molecular formula is C13H21N5O2S. The molecule has 1 aromatic heterocycles. The molecule has 2 amide bonds. The van der Waals surface area contributed by atoms with Crippen LogP contribution in [0, 0.1) is 0 Å². The molecule has 1 fully saturated rings. The summed E-state index contributed by atoms with van der Waals surface area (Å²) in [5.74, 6) is -0.559. The van der Waals surface area contributed by atoms with Gasteiger partial charge in [-0.2, -0.15) is 0 Å². The van der Waals surface area contributed by atoms with E-state index >= 15 is 0 Å². The van der Waals surface area contributed by atoms with E-state index in [-0.39, 0.29) is 23.5 Å². The third-order valence-corrected chi connectivity index (χ3v) is 4.64. The number of hydrogen-bond donors (Lipinski definition) is 5. The van der Waals surface area contributed by atoms with E-state index in [1.54, 1.807) is 14.1 Å². The highest BCUT2D eigenvalue weighted by Gasteiger charge is 2.26. The number of rotatable bonds is 4. The second-order valence-corrected chi connectivity index (χ2v) is 5.90. The van der Waals surface area contributed by atoms with Gasteiger partial charge in [0.2, 0.25) is 0 Å². The predicted octanol–water partition coefficient (Wildman–Crippen LogP) is 0.213. The molecule has 0 atom stereocenters. The van der Waals surface area contributed by atoms with Gasteiger partial charge >= 0.3 is 0 Å². The first-order valence-electron chi connectivity index (χ1n) is 6.92. The first-order chi connectivity index (χ1) is 10.1. The van der Waals surface area contributed by atoms with E-state index < -0.39 is 0 Å². The summed E-state index contributed by atoms with van der Waals surface area (Å²) in [6, 6.07) is 0.283. The van der Waals surface area contributed by atoms with Gasteiger partial charge in [-0.05, 0) is 25.9 Å². The van der Waals surface area contributed by atoms with Crippen LogP contribution < -0.4 is 27.0 Å². The second kappa shape index (κ2) is 6.77. The Morgan fingerprint density at radius 1 is 1.19 bits per heavy atom. The Bertz CT molecular complexity index is 537. The molecule has 1 aliphatic heterocycles. The first kappa shape index (κ1) is 15.6. The summed E-state index contributed by atoms with van der Waals surface area (Å²) >= 11 is 1.23. The molecule has 0 spiro atoms. The van der Waals surface area contributed by atoms with E-state index in [2.05, 4.69) is 21.3 Å². The minimum Gasteiger partial charge on any atom is -0.397 e. The minimum atomic E-state index is -0.282. The van der Waals surface area contributed by atoms with Crippen molar-refractivity contribution in [1.82, 2.24) is 16.0 Å². The van der Waals surface area contributed by atoms with Crippen LogP contribution in [0.5, 0.6) is 0 Å². The Morgan fingerprint density at radius 2 is 1.81 bits per heavy atom. The quantitative estimate of drug-likeness (QED) is 0.546. The topological polar surface area (TPSA) is 108 Å². The Hall–Kier alpha value is -1.80. The fourth-order valence-corrected chi connectivity index (χ4v) is 3.47. The van der Waals surface area contributed by atoms with Gasteiger partial charge in [0.15, 0.2) is 0 Å². The van der Waals surface area contributed by atoms with Crippen molar-refractivity contribution in [3.8, 4) is 0 Å². The number of nitrogens with one attached hydrogen (secondary N) is 4. The number of thiophene rings is 1. The Kier molecular flexibility index (Phi) is 5.03. The summed E-state index contributed by atoms with van der Waals surface area (Å²) in [5.41, 5.74) is 6.59. The van der Waals surface area contributed by atoms with Crippen molar-refractivity contribution < 1.29 is 9.59 Å². The molecule has 8 heteroatoms. The number of carbonyl (C=O) groups excluding carboxylic acids is 2. The van der Waals surface area contributed by atoms with Crippen LogP contribution in [0.25, 0.3) is 0 Å². The van der Waals surface area contributed by atoms with Gasteiger partial charge in [-0.25, -0.2) is 0 Å². The summed E-state index contributed by atoms with van der Waals surface area (Å²) in [4.78, 5) is 24.3. The van der Waals surface area contributed by atoms with E-state index in [0.717, 1.165) is 25.9 Å². The molecule has 116 valence electrons. The molecule has 0 aromatic carbocycles. The summed E-state index contributed by atoms with van der Waals surface area (Å²) in [6.45, 7) is 1.88. The molecular weight excluding hydrogens is 290 g/mol. The molecule has 0 unspecified atom stereocenters. The fraction of sp³-hybridized carbons (Fsp3) is 0.538. The second-order valence-electron chi connectivity index (χ2n) is 4.88. The van der Waals surface area contributed by atoms with Crippen molar-refractivity contribution >= 4 is 33.8 Å². The number of amides is 2. The van der Waals surface area contributed by atoms with Crippen molar-refractivity contribution in [2.24, 2.45) is 0 Å². The molecule has 0 aliphatic carbocycles. The van der Waals surface area contributed by atoms with Crippen LogP contribution in [-0.2, 0) is 0 Å². The Morgan fingerprint density at radius 3 is 2.38 bits per heavy atom. The van der Waals surface area contributed by atoms with Crippen LogP contribution in [0.4, 0.5) is 10.7 Å². The molecule has 0 radical (unpaired) electrons. The van der Waals surface area contributed by atoms with E-state index in [1.807, 2.05) is 0 Å². The monoisotopic (exact) mass is 311 g/mol. The van der Waals surface area contributed by atoms with Gasteiger partial charge in [0.1, 0.15) is 9.88 Å². The highest BCUT2D eigenvalue weighted by Crippen LogP contribution is 2.36. The molecule has 0 saturated carbocycles. The Balaban J connectivity index is 2.33. The van der Waals surface area contributed by atoms with Crippen LogP contribution in [0.1, 0.15) is 32.9 Å². The van der Waals surface area contributed by atoms with Crippen LogP contribution in [0.3, 0.4) is 0 Å². The zero-order valence-corrected chi connectivity index (χ0v) is 13.0. The van der Waals surface area contributed by atoms with E-state index in [1.165, 1.54) is 11.3 Å². The average Bonchev–Trinajstić information content (AvgIpc) is 2.83. The van der Waals surface area contributed by atoms with Crippen molar-refractivity contribution in [3.63, 3.8) is 0 Å². The number of hydrogen-bond acceptors (Lipinski definition) is 6. The minimum absolute atomic E-state index is 0.232. The standard InChI is InChI=1S/C13H21N5O2S/c1-15-11(19)8-9(14)10(12(20)16-2)21-13(8)18-7-3-5-17-6-4-7/h7,17-18H,3-6,14H2,1-2H3,(H,15,19)(H,16,20). The van der Waals surface area contributed by atoms with Crippen LogP contribution >= 0.6 is 11.3 Å². The lowest BCUT2D eigenvalue weighted by Gasteiger charge is -2.24. The normalized spacial score (nSPS) is 15.5. The van der Waals surface area contributed by atoms with Crippen LogP contribution in [0.2, 0.25) is 0 Å². The highest BCUT2D eigenvalue weighted by atomic mass is 32.1. The largest absolute Gasteiger partial charge is 0.397 e. The molecule has 1 aliphatic rings. The predicted molar refractivity (Wildman–Crippen MR) is 85.0 cm³/mol. The molecule has 1 aromatic rings. The van der Waals surface area contributed by atoms with Crippen molar-refractivity contribution in [3.05, 3.63) is 10.4 Å². The molecule has 7 nitrogen and oxygen atoms in total. The smallest absolute Gasteiger partial charge is 0.263 e. The van der Waals surface area contributed by atoms with Crippen molar-refractivity contribution in [2.45, 2.75) is 18.9 Å². The lowest BCUT2D eigenvalue weighted by Crippen LogP contribution is -2.35. The molecule has 1 saturated heterocycles. The maximum Gasteiger partial charge on any atom is 0.263 e. The first-order valence-corrected chi connectivity index (χ1v) is 7.73. The van der Waals surface area contributed by atoms with Crippen LogP contribution in [0.15, 0.2) is 0 Å². The van der Waals surface area contributed by atoms with Crippen LogP contribution in [-0.4, -0.2) is 45.0 Å². The van der Waals surface area contributed by atoms with Gasteiger partial charge in [-0.3, -0.25) is 9.59 Å². The fourth-order valence-electron chi connectivity index (χ4n) is 2.33. The molecule has 2 heterocycles. The third kappa shape index (κ3) is 3.27. The van der Waals surface area contributed by atoms with Gasteiger partial charge in [0, 0.05) is 20.1 Å². The van der Waals surface area contributed by atoms with Crippen molar-refractivity contribution in [1.29, 1.82) is 0 Å². The maximum absolute atomic E-state index is 12.1. The zero-order valence-electron chi connectivity index (χ0n) is 12.2. The lowest BCUT2D eigenvalue weighted by atomic mass is 10.1. The van der Waals surface area contributed by atoms with E-state index in [0.29, 0.717) is 15.4 Å². The van der Waals surface area contributed by atoms with Gasteiger partial charge in [0.05, 0.1) is 11.3 Å². The summed E-state index contributed by atoms with van der Waals surface area (Å²) in [5, 5.41) is 12.4. The molecule has 21 heavy (non-hydrogen) atoms. The van der Waals surface area contributed by atoms with Gasteiger partial charge in [-0.15, -0.1) is 11.3 Å². The van der Waals surface area contributed by atoms with Crippen molar-refractivity contribution in [2.75, 3.05) is 38.2 Å². The van der Waals surface area contributed by atoms with Gasteiger partial charge < -0.3 is 27.0 Å². The SMILES string of the molecule is CNC(=O)c1sc(NC2CCNCC2)c(C(=O)NC)c1N. The number of piperidine rings is 1. The molecule has 0 bridgehead atoms.